The normalized spacial score (nSPS) is 11.2. The maximum absolute atomic E-state index is 10.9. The first-order valence-corrected chi connectivity index (χ1v) is 5.92. The van der Waals surface area contributed by atoms with Gasteiger partial charge in [-0.1, -0.05) is 0 Å². The van der Waals surface area contributed by atoms with Crippen molar-refractivity contribution in [1.82, 2.24) is 9.78 Å². The van der Waals surface area contributed by atoms with Gasteiger partial charge in [-0.25, -0.2) is 0 Å². The summed E-state index contributed by atoms with van der Waals surface area (Å²) in [6.45, 7) is 8.43. The van der Waals surface area contributed by atoms with Crippen molar-refractivity contribution in [2.45, 2.75) is 40.5 Å². The Kier molecular flexibility index (Phi) is 5.24. The zero-order chi connectivity index (χ0) is 13.7. The van der Waals surface area contributed by atoms with Crippen molar-refractivity contribution in [3.8, 4) is 0 Å². The molecule has 0 radical (unpaired) electrons. The highest BCUT2D eigenvalue weighted by Crippen LogP contribution is 2.22. The molecule has 0 bridgehead atoms. The SMILES string of the molecule is CCOC(Cn1nc(C)c([N+](=O)[O-])c1C)OCC. The van der Waals surface area contributed by atoms with Crippen LogP contribution in [0, 0.1) is 24.0 Å². The highest BCUT2D eigenvalue weighted by Gasteiger charge is 2.23. The highest BCUT2D eigenvalue weighted by molar-refractivity contribution is 5.39. The van der Waals surface area contributed by atoms with E-state index in [-0.39, 0.29) is 5.69 Å². The standard InChI is InChI=1S/C11H19N3O4/c1-5-17-10(18-6-2)7-13-9(4)11(14(15)16)8(3)12-13/h10H,5-7H2,1-4H3. The lowest BCUT2D eigenvalue weighted by atomic mass is 10.3. The molecule has 18 heavy (non-hydrogen) atoms. The van der Waals surface area contributed by atoms with Crippen LogP contribution in [0.1, 0.15) is 25.2 Å². The molecule has 0 amide bonds. The topological polar surface area (TPSA) is 79.4 Å². The summed E-state index contributed by atoms with van der Waals surface area (Å²) in [4.78, 5) is 10.5. The number of aromatic nitrogens is 2. The molecule has 1 aromatic heterocycles. The third kappa shape index (κ3) is 3.27. The number of hydrogen-bond acceptors (Lipinski definition) is 5. The van der Waals surface area contributed by atoms with Crippen molar-refractivity contribution in [2.75, 3.05) is 13.2 Å². The molecule has 102 valence electrons. The second kappa shape index (κ2) is 6.46. The van der Waals surface area contributed by atoms with Gasteiger partial charge in [0.1, 0.15) is 11.4 Å². The van der Waals surface area contributed by atoms with E-state index in [1.54, 1.807) is 18.5 Å². The van der Waals surface area contributed by atoms with Gasteiger partial charge >= 0.3 is 5.69 Å². The van der Waals surface area contributed by atoms with Gasteiger partial charge in [-0.2, -0.15) is 5.10 Å². The van der Waals surface area contributed by atoms with Gasteiger partial charge in [0.2, 0.25) is 0 Å². The first-order valence-electron chi connectivity index (χ1n) is 5.92. The molecule has 0 atom stereocenters. The quantitative estimate of drug-likeness (QED) is 0.423. The Balaban J connectivity index is 2.89. The minimum Gasteiger partial charge on any atom is -0.351 e. The Hall–Kier alpha value is -1.47. The van der Waals surface area contributed by atoms with Crippen LogP contribution >= 0.6 is 0 Å². The van der Waals surface area contributed by atoms with Gasteiger partial charge in [-0.3, -0.25) is 14.8 Å². The summed E-state index contributed by atoms with van der Waals surface area (Å²) in [6, 6.07) is 0. The van der Waals surface area contributed by atoms with Crippen LogP contribution in [-0.2, 0) is 16.0 Å². The molecule has 1 aromatic rings. The van der Waals surface area contributed by atoms with Crippen LogP contribution in [0.4, 0.5) is 5.69 Å². The number of aryl methyl sites for hydroxylation is 1. The number of rotatable bonds is 7. The fraction of sp³-hybridized carbons (Fsp3) is 0.727. The fourth-order valence-corrected chi connectivity index (χ4v) is 1.80. The van der Waals surface area contributed by atoms with E-state index < -0.39 is 11.2 Å². The fourth-order valence-electron chi connectivity index (χ4n) is 1.80. The average molecular weight is 257 g/mol. The van der Waals surface area contributed by atoms with Crippen molar-refractivity contribution in [3.05, 3.63) is 21.5 Å². The zero-order valence-corrected chi connectivity index (χ0v) is 11.2. The molecule has 7 heteroatoms. The third-order valence-electron chi connectivity index (χ3n) is 2.55. The first-order chi connectivity index (χ1) is 8.51. The molecule has 7 nitrogen and oxygen atoms in total. The Morgan fingerprint density at radius 2 is 1.89 bits per heavy atom. The van der Waals surface area contributed by atoms with E-state index in [0.717, 1.165) is 0 Å². The molecular formula is C11H19N3O4. The molecule has 1 heterocycles. The smallest absolute Gasteiger partial charge is 0.312 e. The monoisotopic (exact) mass is 257 g/mol. The van der Waals surface area contributed by atoms with E-state index in [1.165, 1.54) is 0 Å². The lowest BCUT2D eigenvalue weighted by molar-refractivity contribution is -0.386. The van der Waals surface area contributed by atoms with E-state index >= 15 is 0 Å². The van der Waals surface area contributed by atoms with Crippen molar-refractivity contribution < 1.29 is 14.4 Å². The minimum atomic E-state index is -0.433. The summed E-state index contributed by atoms with van der Waals surface area (Å²) in [7, 11) is 0. The molecule has 0 saturated carbocycles. The van der Waals surface area contributed by atoms with Crippen molar-refractivity contribution >= 4 is 5.69 Å². The molecule has 0 N–H and O–H groups in total. The highest BCUT2D eigenvalue weighted by atomic mass is 16.7. The second-order valence-electron chi connectivity index (χ2n) is 3.80. The van der Waals surface area contributed by atoms with Gasteiger partial charge in [0.25, 0.3) is 0 Å². The van der Waals surface area contributed by atoms with E-state index in [2.05, 4.69) is 5.10 Å². The van der Waals surface area contributed by atoms with Crippen LogP contribution in [0.3, 0.4) is 0 Å². The number of hydrogen-bond donors (Lipinski definition) is 0. The average Bonchev–Trinajstić information content (AvgIpc) is 2.54. The molecule has 0 spiro atoms. The molecule has 0 aliphatic carbocycles. The number of nitrogens with zero attached hydrogens (tertiary/aromatic N) is 3. The third-order valence-corrected chi connectivity index (χ3v) is 2.55. The van der Waals surface area contributed by atoms with Crippen LogP contribution in [0.15, 0.2) is 0 Å². The van der Waals surface area contributed by atoms with E-state index in [1.807, 2.05) is 13.8 Å². The van der Waals surface area contributed by atoms with Crippen molar-refractivity contribution in [2.24, 2.45) is 0 Å². The molecule has 0 aliphatic rings. The van der Waals surface area contributed by atoms with Gasteiger partial charge in [0.15, 0.2) is 6.29 Å². The summed E-state index contributed by atoms with van der Waals surface area (Å²) in [5.74, 6) is 0. The van der Waals surface area contributed by atoms with E-state index in [0.29, 0.717) is 31.1 Å². The Morgan fingerprint density at radius 3 is 2.28 bits per heavy atom. The lowest BCUT2D eigenvalue weighted by Crippen LogP contribution is -2.25. The molecule has 0 unspecified atom stereocenters. The minimum absolute atomic E-state index is 0.0572. The summed E-state index contributed by atoms with van der Waals surface area (Å²) in [5, 5.41) is 15.0. The Labute approximate surface area is 106 Å². The number of ether oxygens (including phenoxy) is 2. The molecule has 0 saturated heterocycles. The van der Waals surface area contributed by atoms with Crippen molar-refractivity contribution in [3.63, 3.8) is 0 Å². The van der Waals surface area contributed by atoms with Gasteiger partial charge < -0.3 is 9.47 Å². The maximum atomic E-state index is 10.9. The van der Waals surface area contributed by atoms with Gasteiger partial charge in [-0.05, 0) is 27.7 Å². The van der Waals surface area contributed by atoms with Crippen LogP contribution < -0.4 is 0 Å². The zero-order valence-electron chi connectivity index (χ0n) is 11.2. The summed E-state index contributed by atoms with van der Waals surface area (Å²) in [5.41, 5.74) is 0.980. The lowest BCUT2D eigenvalue weighted by Gasteiger charge is -2.17. The Bertz CT molecular complexity index is 411. The first kappa shape index (κ1) is 14.6. The number of nitro groups is 1. The second-order valence-corrected chi connectivity index (χ2v) is 3.80. The molecule has 1 rings (SSSR count). The Morgan fingerprint density at radius 1 is 1.33 bits per heavy atom. The largest absolute Gasteiger partial charge is 0.351 e. The summed E-state index contributed by atoms with van der Waals surface area (Å²) < 4.78 is 12.4. The summed E-state index contributed by atoms with van der Waals surface area (Å²) in [6.07, 6.45) is -0.433. The maximum Gasteiger partial charge on any atom is 0.312 e. The van der Waals surface area contributed by atoms with Gasteiger partial charge in [0, 0.05) is 13.2 Å². The van der Waals surface area contributed by atoms with Gasteiger partial charge in [0.05, 0.1) is 11.5 Å². The van der Waals surface area contributed by atoms with E-state index in [9.17, 15) is 10.1 Å². The van der Waals surface area contributed by atoms with E-state index in [4.69, 9.17) is 9.47 Å². The van der Waals surface area contributed by atoms with Crippen molar-refractivity contribution in [1.29, 1.82) is 0 Å². The van der Waals surface area contributed by atoms with Crippen LogP contribution in [0.2, 0.25) is 0 Å². The van der Waals surface area contributed by atoms with Crippen LogP contribution in [0.5, 0.6) is 0 Å². The predicted octanol–water partition coefficient (Wildman–Crippen LogP) is 1.81. The van der Waals surface area contributed by atoms with Gasteiger partial charge in [-0.15, -0.1) is 0 Å². The summed E-state index contributed by atoms with van der Waals surface area (Å²) >= 11 is 0. The van der Waals surface area contributed by atoms with Crippen LogP contribution in [-0.4, -0.2) is 34.2 Å². The van der Waals surface area contributed by atoms with Crippen LogP contribution in [0.25, 0.3) is 0 Å². The predicted molar refractivity (Wildman–Crippen MR) is 65.4 cm³/mol. The molecule has 0 fully saturated rings. The molecular weight excluding hydrogens is 238 g/mol. The molecule has 0 aromatic carbocycles. The molecule has 0 aliphatic heterocycles.